The van der Waals surface area contributed by atoms with E-state index in [2.05, 4.69) is 38.0 Å². The summed E-state index contributed by atoms with van der Waals surface area (Å²) in [5.41, 5.74) is 1.04. The van der Waals surface area contributed by atoms with E-state index in [1.807, 2.05) is 42.5 Å². The van der Waals surface area contributed by atoms with Crippen molar-refractivity contribution in [1.82, 2.24) is 9.88 Å². The standard InChI is InChI=1S/C23H19ClN4OS/c24-19-9-4-10-25-21(19)27-11-13-28(14-12-27)23-26-22(29)20(30-23)15-17-7-3-6-16-5-1-2-8-18(16)17/h1-10,15H,11-14H2/b20-15-. The largest absolute Gasteiger partial charge is 0.352 e. The van der Waals surface area contributed by atoms with Gasteiger partial charge >= 0.3 is 0 Å². The van der Waals surface area contributed by atoms with Crippen LogP contribution < -0.4 is 4.90 Å². The summed E-state index contributed by atoms with van der Waals surface area (Å²) < 4.78 is 0. The van der Waals surface area contributed by atoms with Crippen molar-refractivity contribution >= 4 is 57.1 Å². The van der Waals surface area contributed by atoms with Crippen molar-refractivity contribution in [2.24, 2.45) is 4.99 Å². The molecule has 0 unspecified atom stereocenters. The molecule has 1 fully saturated rings. The van der Waals surface area contributed by atoms with E-state index in [9.17, 15) is 4.79 Å². The Kier molecular flexibility index (Phi) is 5.19. The first-order valence-corrected chi connectivity index (χ1v) is 11.0. The van der Waals surface area contributed by atoms with Crippen LogP contribution in [0.4, 0.5) is 5.82 Å². The van der Waals surface area contributed by atoms with E-state index in [-0.39, 0.29) is 5.91 Å². The Morgan fingerprint density at radius 1 is 0.933 bits per heavy atom. The fourth-order valence-electron chi connectivity index (χ4n) is 3.77. The first kappa shape index (κ1) is 19.2. The maximum absolute atomic E-state index is 12.6. The number of hydrogen-bond acceptors (Lipinski definition) is 5. The van der Waals surface area contributed by atoms with Gasteiger partial charge in [0, 0.05) is 32.4 Å². The van der Waals surface area contributed by atoms with Crippen LogP contribution in [0.5, 0.6) is 0 Å². The second-order valence-electron chi connectivity index (χ2n) is 7.16. The molecule has 0 N–H and O–H groups in total. The molecule has 0 saturated carbocycles. The number of nitrogens with zero attached hydrogens (tertiary/aromatic N) is 4. The third kappa shape index (κ3) is 3.68. The molecule has 1 amide bonds. The number of anilines is 1. The molecule has 7 heteroatoms. The Labute approximate surface area is 184 Å². The van der Waals surface area contributed by atoms with Crippen LogP contribution in [0, 0.1) is 0 Å². The van der Waals surface area contributed by atoms with Crippen molar-refractivity contribution in [2.75, 3.05) is 31.1 Å². The maximum atomic E-state index is 12.6. The molecule has 30 heavy (non-hydrogen) atoms. The monoisotopic (exact) mass is 434 g/mol. The minimum absolute atomic E-state index is 0.168. The lowest BCUT2D eigenvalue weighted by Crippen LogP contribution is -2.48. The summed E-state index contributed by atoms with van der Waals surface area (Å²) in [6.45, 7) is 3.11. The average Bonchev–Trinajstić information content (AvgIpc) is 3.15. The maximum Gasteiger partial charge on any atom is 0.286 e. The zero-order chi connectivity index (χ0) is 20.5. The molecule has 3 aromatic rings. The number of aromatic nitrogens is 1. The number of aliphatic imine (C=N–C) groups is 1. The number of amidine groups is 1. The molecule has 5 nitrogen and oxygen atoms in total. The summed E-state index contributed by atoms with van der Waals surface area (Å²) in [5.74, 6) is 0.644. The molecule has 2 aliphatic heterocycles. The number of halogens is 1. The van der Waals surface area contributed by atoms with Gasteiger partial charge in [0.15, 0.2) is 5.17 Å². The van der Waals surface area contributed by atoms with Crippen molar-refractivity contribution in [1.29, 1.82) is 0 Å². The van der Waals surface area contributed by atoms with E-state index >= 15 is 0 Å². The van der Waals surface area contributed by atoms with Crippen LogP contribution in [0.2, 0.25) is 5.02 Å². The Hall–Kier alpha value is -2.83. The lowest BCUT2D eigenvalue weighted by atomic mass is 10.0. The summed E-state index contributed by atoms with van der Waals surface area (Å²) in [4.78, 5) is 26.3. The molecular formula is C23H19ClN4OS. The molecule has 5 rings (SSSR count). The fraction of sp³-hybridized carbons (Fsp3) is 0.174. The molecule has 3 heterocycles. The van der Waals surface area contributed by atoms with Crippen LogP contribution in [0.15, 0.2) is 70.7 Å². The molecular weight excluding hydrogens is 416 g/mol. The van der Waals surface area contributed by atoms with Gasteiger partial charge in [-0.1, -0.05) is 54.1 Å². The summed E-state index contributed by atoms with van der Waals surface area (Å²) in [6.07, 6.45) is 3.71. The van der Waals surface area contributed by atoms with Crippen molar-refractivity contribution in [2.45, 2.75) is 0 Å². The molecule has 2 aliphatic rings. The average molecular weight is 435 g/mol. The molecule has 1 aromatic heterocycles. The number of hydrogen-bond donors (Lipinski definition) is 0. The SMILES string of the molecule is O=C1N=C(N2CCN(c3ncccc3Cl)CC2)S/C1=C\c1cccc2ccccc12. The zero-order valence-electron chi connectivity index (χ0n) is 16.2. The summed E-state index contributed by atoms with van der Waals surface area (Å²) in [7, 11) is 0. The Bertz CT molecular complexity index is 1180. The van der Waals surface area contributed by atoms with Crippen LogP contribution in [-0.4, -0.2) is 47.1 Å². The predicted octanol–water partition coefficient (Wildman–Crippen LogP) is 4.68. The topological polar surface area (TPSA) is 48.8 Å². The van der Waals surface area contributed by atoms with Gasteiger partial charge in [-0.3, -0.25) is 4.79 Å². The van der Waals surface area contributed by atoms with Crippen molar-refractivity contribution < 1.29 is 4.79 Å². The smallest absolute Gasteiger partial charge is 0.286 e. The molecule has 150 valence electrons. The van der Waals surface area contributed by atoms with Crippen molar-refractivity contribution in [3.8, 4) is 0 Å². The van der Waals surface area contributed by atoms with Gasteiger partial charge in [-0.25, -0.2) is 4.98 Å². The highest BCUT2D eigenvalue weighted by Gasteiger charge is 2.29. The molecule has 2 aromatic carbocycles. The fourth-order valence-corrected chi connectivity index (χ4v) is 4.97. The van der Waals surface area contributed by atoms with Crippen LogP contribution >= 0.6 is 23.4 Å². The highest BCUT2D eigenvalue weighted by atomic mass is 35.5. The van der Waals surface area contributed by atoms with Gasteiger partial charge in [0.2, 0.25) is 0 Å². The normalized spacial score (nSPS) is 18.4. The van der Waals surface area contributed by atoms with Gasteiger partial charge in [-0.2, -0.15) is 4.99 Å². The highest BCUT2D eigenvalue weighted by molar-refractivity contribution is 8.18. The van der Waals surface area contributed by atoms with E-state index in [4.69, 9.17) is 11.6 Å². The number of benzene rings is 2. The third-order valence-corrected chi connectivity index (χ3v) is 6.65. The quantitative estimate of drug-likeness (QED) is 0.548. The first-order chi connectivity index (χ1) is 14.7. The molecule has 1 saturated heterocycles. The van der Waals surface area contributed by atoms with Gasteiger partial charge in [0.1, 0.15) is 5.82 Å². The van der Waals surface area contributed by atoms with E-state index in [1.54, 1.807) is 6.20 Å². The number of carbonyl (C=O) groups is 1. The highest BCUT2D eigenvalue weighted by Crippen LogP contribution is 2.33. The first-order valence-electron chi connectivity index (χ1n) is 9.80. The molecule has 0 aliphatic carbocycles. The molecule has 0 bridgehead atoms. The van der Waals surface area contributed by atoms with Crippen LogP contribution in [0.25, 0.3) is 16.8 Å². The molecule has 0 radical (unpaired) electrons. The van der Waals surface area contributed by atoms with Crippen molar-refractivity contribution in [3.63, 3.8) is 0 Å². The number of thioether (sulfide) groups is 1. The summed E-state index contributed by atoms with van der Waals surface area (Å²) >= 11 is 7.74. The second kappa shape index (κ2) is 8.13. The Morgan fingerprint density at radius 2 is 1.70 bits per heavy atom. The Balaban J connectivity index is 1.30. The van der Waals surface area contributed by atoms with E-state index < -0.39 is 0 Å². The molecule has 0 spiro atoms. The number of piperazine rings is 1. The predicted molar refractivity (Wildman–Crippen MR) is 125 cm³/mol. The summed E-state index contributed by atoms with van der Waals surface area (Å²) in [5, 5.41) is 3.73. The van der Waals surface area contributed by atoms with Crippen LogP contribution in [0.1, 0.15) is 5.56 Å². The van der Waals surface area contributed by atoms with E-state index in [0.29, 0.717) is 9.93 Å². The number of pyridine rings is 1. The number of carbonyl (C=O) groups excluding carboxylic acids is 1. The van der Waals surface area contributed by atoms with Crippen molar-refractivity contribution in [3.05, 3.63) is 76.3 Å². The lowest BCUT2D eigenvalue weighted by Gasteiger charge is -2.36. The summed E-state index contributed by atoms with van der Waals surface area (Å²) in [6, 6.07) is 18.0. The van der Waals surface area contributed by atoms with Gasteiger partial charge in [-0.05, 0) is 46.3 Å². The lowest BCUT2D eigenvalue weighted by molar-refractivity contribution is -0.113. The van der Waals surface area contributed by atoms with Gasteiger partial charge in [-0.15, -0.1) is 0 Å². The van der Waals surface area contributed by atoms with Gasteiger partial charge in [0.25, 0.3) is 5.91 Å². The Morgan fingerprint density at radius 3 is 2.53 bits per heavy atom. The number of rotatable bonds is 2. The third-order valence-electron chi connectivity index (χ3n) is 5.31. The number of amides is 1. The van der Waals surface area contributed by atoms with E-state index in [0.717, 1.165) is 53.5 Å². The van der Waals surface area contributed by atoms with Crippen LogP contribution in [-0.2, 0) is 4.79 Å². The molecule has 0 atom stereocenters. The number of fused-ring (bicyclic) bond motifs is 1. The zero-order valence-corrected chi connectivity index (χ0v) is 17.7. The van der Waals surface area contributed by atoms with E-state index in [1.165, 1.54) is 11.8 Å². The van der Waals surface area contributed by atoms with Gasteiger partial charge < -0.3 is 9.80 Å². The van der Waals surface area contributed by atoms with Gasteiger partial charge in [0.05, 0.1) is 9.93 Å². The minimum Gasteiger partial charge on any atom is -0.352 e. The second-order valence-corrected chi connectivity index (χ2v) is 8.58. The van der Waals surface area contributed by atoms with Crippen LogP contribution in [0.3, 0.4) is 0 Å². The minimum atomic E-state index is -0.168.